The summed E-state index contributed by atoms with van der Waals surface area (Å²) < 4.78 is 0.725. The maximum Gasteiger partial charge on any atom is 0.272 e. The molecule has 0 N–H and O–H groups in total. The number of benzene rings is 2. The van der Waals surface area contributed by atoms with Gasteiger partial charge in [0, 0.05) is 5.69 Å². The van der Waals surface area contributed by atoms with Gasteiger partial charge in [0.2, 0.25) is 0 Å². The van der Waals surface area contributed by atoms with E-state index in [0.29, 0.717) is 0 Å². The van der Waals surface area contributed by atoms with Gasteiger partial charge in [0.1, 0.15) is 9.93 Å². The molecule has 1 amide bonds. The fourth-order valence-corrected chi connectivity index (χ4v) is 4.34. The summed E-state index contributed by atoms with van der Waals surface area (Å²) in [4.78, 5) is 14.9. The average Bonchev–Trinajstić information content (AvgIpc) is 2.58. The van der Waals surface area contributed by atoms with Crippen LogP contribution >= 0.6 is 35.7 Å². The molecule has 0 saturated carbocycles. The van der Waals surface area contributed by atoms with Crippen molar-refractivity contribution >= 4 is 51.5 Å². The Morgan fingerprint density at radius 2 is 1.59 bits per heavy atom. The molecule has 0 atom stereocenters. The minimum atomic E-state index is 0.0128. The molecule has 5 heteroatoms. The molecule has 0 unspecified atom stereocenters. The van der Waals surface area contributed by atoms with Crippen molar-refractivity contribution in [3.63, 3.8) is 0 Å². The first-order valence-corrected chi connectivity index (χ1v) is 9.12. The van der Waals surface area contributed by atoms with Gasteiger partial charge in [-0.2, -0.15) is 0 Å². The molecule has 0 fully saturated rings. The fourth-order valence-electron chi connectivity index (χ4n) is 2.14. The second-order valence-electron chi connectivity index (χ2n) is 4.57. The van der Waals surface area contributed by atoms with Crippen LogP contribution in [0.2, 0.25) is 0 Å². The molecule has 0 radical (unpaired) electrons. The molecule has 110 valence electrons. The van der Waals surface area contributed by atoms with E-state index in [4.69, 9.17) is 12.2 Å². The lowest BCUT2D eigenvalue weighted by Gasteiger charge is -2.34. The van der Waals surface area contributed by atoms with Gasteiger partial charge in [0.15, 0.2) is 0 Å². The van der Waals surface area contributed by atoms with Gasteiger partial charge < -0.3 is 0 Å². The number of hydrogen-bond acceptors (Lipinski definition) is 4. The van der Waals surface area contributed by atoms with Crippen LogP contribution in [0.5, 0.6) is 0 Å². The first kappa shape index (κ1) is 15.3. The van der Waals surface area contributed by atoms with Crippen molar-refractivity contribution in [3.05, 3.63) is 76.2 Å². The number of para-hydroxylation sites is 1. The number of anilines is 1. The Morgan fingerprint density at radius 1 is 1.00 bits per heavy atom. The van der Waals surface area contributed by atoms with Gasteiger partial charge in [-0.25, -0.2) is 0 Å². The standard InChI is InChI=1S/C17H13NOS3/c1-21-16-14(22-17(20)12-8-4-2-5-9-12)15(19)18(16)13-10-6-3-7-11-13/h2-11H,1H3. The van der Waals surface area contributed by atoms with E-state index in [1.165, 1.54) is 11.8 Å². The largest absolute Gasteiger partial charge is 0.272 e. The normalized spacial score (nSPS) is 14.0. The third-order valence-electron chi connectivity index (χ3n) is 3.21. The lowest BCUT2D eigenvalue weighted by Crippen LogP contribution is -2.40. The molecule has 0 saturated heterocycles. The van der Waals surface area contributed by atoms with Crippen molar-refractivity contribution in [2.24, 2.45) is 0 Å². The highest BCUT2D eigenvalue weighted by molar-refractivity contribution is 8.27. The van der Waals surface area contributed by atoms with Gasteiger partial charge in [-0.05, 0) is 24.0 Å². The van der Waals surface area contributed by atoms with Crippen molar-refractivity contribution in [1.82, 2.24) is 0 Å². The second-order valence-corrected chi connectivity index (χ2v) is 7.05. The third kappa shape index (κ3) is 2.84. The summed E-state index contributed by atoms with van der Waals surface area (Å²) in [6.45, 7) is 0. The highest BCUT2D eigenvalue weighted by Gasteiger charge is 2.38. The van der Waals surface area contributed by atoms with Crippen LogP contribution in [-0.4, -0.2) is 16.4 Å². The molecule has 0 aromatic heterocycles. The van der Waals surface area contributed by atoms with Gasteiger partial charge in [-0.3, -0.25) is 9.69 Å². The Labute approximate surface area is 143 Å². The molecule has 0 bridgehead atoms. The maximum absolute atomic E-state index is 12.5. The van der Waals surface area contributed by atoms with E-state index in [1.54, 1.807) is 16.7 Å². The number of rotatable bonds is 4. The van der Waals surface area contributed by atoms with Crippen LogP contribution < -0.4 is 4.90 Å². The predicted molar refractivity (Wildman–Crippen MR) is 100 cm³/mol. The van der Waals surface area contributed by atoms with E-state index in [2.05, 4.69) is 0 Å². The first-order valence-electron chi connectivity index (χ1n) is 6.67. The van der Waals surface area contributed by atoms with E-state index in [9.17, 15) is 4.79 Å². The lowest BCUT2D eigenvalue weighted by molar-refractivity contribution is -0.115. The molecule has 0 aliphatic carbocycles. The zero-order valence-electron chi connectivity index (χ0n) is 11.9. The van der Waals surface area contributed by atoms with Gasteiger partial charge in [0.25, 0.3) is 5.91 Å². The first-order chi connectivity index (χ1) is 10.7. The molecule has 2 aromatic carbocycles. The molecule has 2 nitrogen and oxygen atoms in total. The van der Waals surface area contributed by atoms with Crippen LogP contribution in [0, 0.1) is 0 Å². The van der Waals surface area contributed by atoms with Gasteiger partial charge in [-0.15, -0.1) is 11.8 Å². The fraction of sp³-hybridized carbons (Fsp3) is 0.0588. The molecule has 1 aliphatic heterocycles. The summed E-state index contributed by atoms with van der Waals surface area (Å²) in [6, 6.07) is 19.5. The maximum atomic E-state index is 12.5. The topological polar surface area (TPSA) is 20.3 Å². The van der Waals surface area contributed by atoms with Crippen LogP contribution in [0.15, 0.2) is 70.6 Å². The Bertz CT molecular complexity index is 741. The summed E-state index contributed by atoms with van der Waals surface area (Å²) in [5.74, 6) is 0.0128. The summed E-state index contributed by atoms with van der Waals surface area (Å²) in [5.41, 5.74) is 1.87. The quantitative estimate of drug-likeness (QED) is 0.751. The summed E-state index contributed by atoms with van der Waals surface area (Å²) >= 11 is 8.40. The number of nitrogens with zero attached hydrogens (tertiary/aromatic N) is 1. The minimum absolute atomic E-state index is 0.0128. The van der Waals surface area contributed by atoms with Crippen LogP contribution in [0.1, 0.15) is 5.56 Å². The van der Waals surface area contributed by atoms with Crippen molar-refractivity contribution in [2.45, 2.75) is 0 Å². The van der Waals surface area contributed by atoms with Crippen LogP contribution in [0.3, 0.4) is 0 Å². The van der Waals surface area contributed by atoms with Gasteiger partial charge in [-0.1, -0.05) is 72.5 Å². The zero-order chi connectivity index (χ0) is 15.5. The third-order valence-corrected chi connectivity index (χ3v) is 5.59. The Morgan fingerprint density at radius 3 is 2.18 bits per heavy atom. The second kappa shape index (κ2) is 6.69. The minimum Gasteiger partial charge on any atom is -0.269 e. The molecule has 1 aliphatic rings. The van der Waals surface area contributed by atoms with Crippen molar-refractivity contribution in [3.8, 4) is 0 Å². The monoisotopic (exact) mass is 343 g/mol. The molecule has 0 spiro atoms. The number of carbonyl (C=O) groups excluding carboxylic acids is 1. The van der Waals surface area contributed by atoms with Crippen molar-refractivity contribution in [2.75, 3.05) is 11.2 Å². The summed E-state index contributed by atoms with van der Waals surface area (Å²) in [7, 11) is 0. The number of carbonyl (C=O) groups is 1. The number of thiocarbonyl (C=S) groups is 1. The zero-order valence-corrected chi connectivity index (χ0v) is 14.3. The van der Waals surface area contributed by atoms with Crippen LogP contribution in [-0.2, 0) is 4.79 Å². The summed E-state index contributed by atoms with van der Waals surface area (Å²) in [5, 5.41) is 0.958. The molecule has 3 rings (SSSR count). The van der Waals surface area contributed by atoms with Crippen LogP contribution in [0.25, 0.3) is 0 Å². The van der Waals surface area contributed by atoms with Crippen molar-refractivity contribution in [1.29, 1.82) is 0 Å². The Hall–Kier alpha value is -1.56. The molecule has 2 aromatic rings. The van der Waals surface area contributed by atoms with Gasteiger partial charge in [0.05, 0.1) is 4.20 Å². The molecular formula is C17H13NOS3. The van der Waals surface area contributed by atoms with Gasteiger partial charge >= 0.3 is 0 Å². The SMILES string of the molecule is CSC1=C(SC(=S)c2ccccc2)C(=O)N1c1ccccc1. The van der Waals surface area contributed by atoms with E-state index in [0.717, 1.165) is 25.4 Å². The highest BCUT2D eigenvalue weighted by Crippen LogP contribution is 2.43. The molecule has 1 heterocycles. The highest BCUT2D eigenvalue weighted by atomic mass is 32.2. The Kier molecular flexibility index (Phi) is 4.66. The molecule has 22 heavy (non-hydrogen) atoms. The smallest absolute Gasteiger partial charge is 0.269 e. The average molecular weight is 343 g/mol. The number of hydrogen-bond donors (Lipinski definition) is 0. The molecular weight excluding hydrogens is 330 g/mol. The van der Waals surface area contributed by atoms with E-state index < -0.39 is 0 Å². The number of thioether (sulfide) groups is 2. The summed E-state index contributed by atoms with van der Waals surface area (Å²) in [6.07, 6.45) is 1.98. The van der Waals surface area contributed by atoms with Crippen LogP contribution in [0.4, 0.5) is 5.69 Å². The van der Waals surface area contributed by atoms with Crippen molar-refractivity contribution < 1.29 is 4.79 Å². The van der Waals surface area contributed by atoms with E-state index in [-0.39, 0.29) is 5.91 Å². The van der Waals surface area contributed by atoms with E-state index in [1.807, 2.05) is 66.9 Å². The lowest BCUT2D eigenvalue weighted by atomic mass is 10.2. The Balaban J connectivity index is 1.85. The number of amides is 1. The van der Waals surface area contributed by atoms with E-state index >= 15 is 0 Å². The predicted octanol–water partition coefficient (Wildman–Crippen LogP) is 4.67.